The molecule has 1 aromatic carbocycles. The minimum absolute atomic E-state index is 0.0124. The summed E-state index contributed by atoms with van der Waals surface area (Å²) in [6, 6.07) is 1.65. The lowest BCUT2D eigenvalue weighted by Gasteiger charge is -2.25. The monoisotopic (exact) mass is 350 g/mol. The van der Waals surface area contributed by atoms with Gasteiger partial charge < -0.3 is 14.4 Å². The molecule has 0 fully saturated rings. The molecule has 24 heavy (non-hydrogen) atoms. The Kier molecular flexibility index (Phi) is 3.95. The second-order valence-electron chi connectivity index (χ2n) is 7.42. The summed E-state index contributed by atoms with van der Waals surface area (Å²) in [7, 11) is 1.90. The number of rotatable bonds is 1. The van der Waals surface area contributed by atoms with Crippen LogP contribution in [-0.2, 0) is 11.8 Å². The second-order valence-corrected chi connectivity index (χ2v) is 7.73. The highest BCUT2D eigenvalue weighted by Crippen LogP contribution is 2.46. The van der Waals surface area contributed by atoms with Crippen LogP contribution in [0.1, 0.15) is 37.8 Å². The molecule has 0 aliphatic carbocycles. The third kappa shape index (κ3) is 2.61. The molecule has 130 valence electrons. The molecule has 0 unspecified atom stereocenters. The molecule has 0 spiro atoms. The molecule has 1 atom stereocenters. The fourth-order valence-electron chi connectivity index (χ4n) is 3.50. The van der Waals surface area contributed by atoms with Crippen molar-refractivity contribution < 1.29 is 14.6 Å². The van der Waals surface area contributed by atoms with Gasteiger partial charge in [0.15, 0.2) is 0 Å². The molecule has 1 N–H and O–H groups in total. The number of halogens is 1. The maximum Gasteiger partial charge on any atom is 0.414 e. The summed E-state index contributed by atoms with van der Waals surface area (Å²) in [5, 5.41) is 11.5. The van der Waals surface area contributed by atoms with Crippen LogP contribution in [0, 0.1) is 6.92 Å². The summed E-state index contributed by atoms with van der Waals surface area (Å²) >= 11 is 6.19. The van der Waals surface area contributed by atoms with Crippen LogP contribution in [0.15, 0.2) is 12.3 Å². The van der Waals surface area contributed by atoms with Gasteiger partial charge in [0.25, 0.3) is 0 Å². The van der Waals surface area contributed by atoms with E-state index in [-0.39, 0.29) is 11.7 Å². The zero-order chi connectivity index (χ0) is 17.8. The number of carbonyl (C=O) groups is 1. The maximum absolute atomic E-state index is 12.6. The summed E-state index contributed by atoms with van der Waals surface area (Å²) in [6.07, 6.45) is 1.57. The van der Waals surface area contributed by atoms with Gasteiger partial charge in [-0.25, -0.2) is 4.79 Å². The number of benzene rings is 1. The van der Waals surface area contributed by atoms with E-state index < -0.39 is 11.7 Å². The van der Waals surface area contributed by atoms with Crippen LogP contribution in [0.4, 0.5) is 10.5 Å². The number of fused-ring (bicyclic) bond motifs is 3. The van der Waals surface area contributed by atoms with Crippen LogP contribution in [0.2, 0.25) is 0 Å². The molecule has 0 bridgehead atoms. The quantitative estimate of drug-likeness (QED) is 0.781. The first-order valence-electron chi connectivity index (χ1n) is 8.02. The number of hydrogen-bond acceptors (Lipinski definition) is 3. The van der Waals surface area contributed by atoms with Crippen molar-refractivity contribution in [2.45, 2.75) is 39.2 Å². The predicted molar refractivity (Wildman–Crippen MR) is 96.4 cm³/mol. The number of hydrogen-bond donors (Lipinski definition) is 1. The molecule has 1 aliphatic rings. The van der Waals surface area contributed by atoms with Crippen LogP contribution in [-0.4, -0.2) is 33.8 Å². The first kappa shape index (κ1) is 17.0. The highest BCUT2D eigenvalue weighted by molar-refractivity contribution is 6.19. The summed E-state index contributed by atoms with van der Waals surface area (Å²) in [4.78, 5) is 14.2. The number of phenols is 1. The van der Waals surface area contributed by atoms with Crippen LogP contribution >= 0.6 is 11.6 Å². The van der Waals surface area contributed by atoms with Crippen LogP contribution in [0.25, 0.3) is 10.9 Å². The molecule has 0 saturated heterocycles. The zero-order valence-corrected chi connectivity index (χ0v) is 15.4. The first-order chi connectivity index (χ1) is 11.1. The Bertz CT molecular complexity index is 820. The molecule has 0 radical (unpaired) electrons. The number of anilines is 1. The summed E-state index contributed by atoms with van der Waals surface area (Å²) in [5.74, 6) is 0.571. The number of phenolic OH excluding ortho intramolecular Hbond substituents is 1. The van der Waals surface area contributed by atoms with Gasteiger partial charge in [0.1, 0.15) is 11.4 Å². The van der Waals surface area contributed by atoms with Gasteiger partial charge in [-0.15, -0.1) is 11.6 Å². The van der Waals surface area contributed by atoms with Crippen molar-refractivity contribution in [2.75, 3.05) is 17.3 Å². The summed E-state index contributed by atoms with van der Waals surface area (Å²) in [5.41, 5.74) is 2.95. The lowest BCUT2D eigenvalue weighted by Crippen LogP contribution is -2.36. The number of aryl methyl sites for hydroxylation is 2. The number of nitrogens with zero attached hydrogens (tertiary/aromatic N) is 2. The van der Waals surface area contributed by atoms with E-state index in [1.165, 1.54) is 0 Å². The largest absolute Gasteiger partial charge is 0.506 e. The number of ether oxygens (including phenoxy) is 1. The Morgan fingerprint density at radius 2 is 2.12 bits per heavy atom. The van der Waals surface area contributed by atoms with Crippen molar-refractivity contribution in [3.63, 3.8) is 0 Å². The Labute approximate surface area is 146 Å². The number of alkyl halides is 1. The molecule has 2 heterocycles. The number of carbonyl (C=O) groups excluding carboxylic acids is 1. The first-order valence-corrected chi connectivity index (χ1v) is 8.55. The van der Waals surface area contributed by atoms with Crippen molar-refractivity contribution in [1.82, 2.24) is 4.57 Å². The average molecular weight is 351 g/mol. The van der Waals surface area contributed by atoms with Gasteiger partial charge in [-0.2, -0.15) is 0 Å². The third-order valence-electron chi connectivity index (χ3n) is 4.33. The van der Waals surface area contributed by atoms with Crippen molar-refractivity contribution in [2.24, 2.45) is 7.05 Å². The van der Waals surface area contributed by atoms with E-state index in [4.69, 9.17) is 16.3 Å². The van der Waals surface area contributed by atoms with Gasteiger partial charge in [-0.05, 0) is 38.8 Å². The molecule has 2 aromatic rings. The predicted octanol–water partition coefficient (Wildman–Crippen LogP) is 4.27. The SMILES string of the molecule is Cc1cn(C)c2c(O)cc3c(c12)[C@H](CCl)CN3C(=O)OC(C)(C)C. The normalized spacial score (nSPS) is 17.4. The molecule has 0 saturated carbocycles. The van der Waals surface area contributed by atoms with E-state index in [2.05, 4.69) is 0 Å². The molecule has 1 aromatic heterocycles. The third-order valence-corrected chi connectivity index (χ3v) is 4.71. The van der Waals surface area contributed by atoms with Gasteiger partial charge in [-0.3, -0.25) is 4.90 Å². The van der Waals surface area contributed by atoms with Gasteiger partial charge in [0.05, 0.1) is 11.2 Å². The standard InChI is InChI=1S/C18H23ClN2O3/c1-10-8-20(5)16-13(22)6-12-15(14(10)16)11(7-19)9-21(12)17(23)24-18(2,3)4/h6,8,11,22H,7,9H2,1-5H3/t11-/m1/s1. The van der Waals surface area contributed by atoms with E-state index in [1.807, 2.05) is 45.5 Å². The molecule has 6 heteroatoms. The Balaban J connectivity index is 2.19. The lowest BCUT2D eigenvalue weighted by atomic mass is 9.97. The van der Waals surface area contributed by atoms with Crippen LogP contribution in [0.5, 0.6) is 5.75 Å². The number of aromatic nitrogens is 1. The maximum atomic E-state index is 12.6. The van der Waals surface area contributed by atoms with Gasteiger partial charge in [0, 0.05) is 43.0 Å². The zero-order valence-electron chi connectivity index (χ0n) is 14.7. The van der Waals surface area contributed by atoms with Gasteiger partial charge in [-0.1, -0.05) is 0 Å². The van der Waals surface area contributed by atoms with Gasteiger partial charge >= 0.3 is 6.09 Å². The lowest BCUT2D eigenvalue weighted by molar-refractivity contribution is 0.0582. The van der Waals surface area contributed by atoms with Crippen molar-refractivity contribution >= 4 is 34.3 Å². The number of aromatic hydroxyl groups is 1. The van der Waals surface area contributed by atoms with E-state index in [1.54, 1.807) is 11.0 Å². The Morgan fingerprint density at radius 1 is 1.46 bits per heavy atom. The fourth-order valence-corrected chi connectivity index (χ4v) is 3.75. The van der Waals surface area contributed by atoms with E-state index in [9.17, 15) is 9.90 Å². The fraction of sp³-hybridized carbons (Fsp3) is 0.500. The molecule has 5 nitrogen and oxygen atoms in total. The van der Waals surface area contributed by atoms with E-state index in [0.29, 0.717) is 18.1 Å². The van der Waals surface area contributed by atoms with E-state index in [0.717, 1.165) is 22.0 Å². The topological polar surface area (TPSA) is 54.7 Å². The van der Waals surface area contributed by atoms with E-state index >= 15 is 0 Å². The Morgan fingerprint density at radius 3 is 2.71 bits per heavy atom. The van der Waals surface area contributed by atoms with Crippen molar-refractivity contribution in [3.05, 3.63) is 23.4 Å². The highest BCUT2D eigenvalue weighted by Gasteiger charge is 2.37. The summed E-state index contributed by atoms with van der Waals surface area (Å²) < 4.78 is 7.42. The van der Waals surface area contributed by atoms with Crippen LogP contribution < -0.4 is 4.90 Å². The van der Waals surface area contributed by atoms with Crippen LogP contribution in [0.3, 0.4) is 0 Å². The minimum atomic E-state index is -0.578. The molecule has 3 rings (SSSR count). The Hall–Kier alpha value is -1.88. The second kappa shape index (κ2) is 5.59. The minimum Gasteiger partial charge on any atom is -0.506 e. The van der Waals surface area contributed by atoms with Gasteiger partial charge in [0.2, 0.25) is 0 Å². The van der Waals surface area contributed by atoms with Crippen molar-refractivity contribution in [1.29, 1.82) is 0 Å². The smallest absolute Gasteiger partial charge is 0.414 e. The molecule has 1 aliphatic heterocycles. The average Bonchev–Trinajstić information content (AvgIpc) is 2.95. The highest BCUT2D eigenvalue weighted by atomic mass is 35.5. The number of amides is 1. The summed E-state index contributed by atoms with van der Waals surface area (Å²) in [6.45, 7) is 7.97. The molecular formula is C18H23ClN2O3. The molecule has 1 amide bonds. The van der Waals surface area contributed by atoms with Crippen molar-refractivity contribution in [3.8, 4) is 5.75 Å². The molecular weight excluding hydrogens is 328 g/mol.